The summed E-state index contributed by atoms with van der Waals surface area (Å²) in [6.45, 7) is 4.38. The van der Waals surface area contributed by atoms with Gasteiger partial charge in [-0.1, -0.05) is 6.08 Å². The van der Waals surface area contributed by atoms with E-state index in [1.54, 1.807) is 6.33 Å². The van der Waals surface area contributed by atoms with E-state index in [1.807, 2.05) is 16.8 Å². The van der Waals surface area contributed by atoms with Crippen molar-refractivity contribution in [1.29, 1.82) is 0 Å². The molecule has 2 heterocycles. The first-order chi connectivity index (χ1) is 5.90. The Balaban J connectivity index is 2.47. The van der Waals surface area contributed by atoms with Gasteiger partial charge in [-0.05, 0) is 0 Å². The topological polar surface area (TPSA) is 43.6 Å². The van der Waals surface area contributed by atoms with Gasteiger partial charge in [-0.3, -0.25) is 0 Å². The molecular formula is C8H8N4. The molecule has 0 aromatic rings. The zero-order chi connectivity index (χ0) is 8.39. The minimum absolute atomic E-state index is 0.690. The third-order valence-electron chi connectivity index (χ3n) is 1.56. The van der Waals surface area contributed by atoms with E-state index >= 15 is 0 Å². The molecule has 0 aliphatic carbocycles. The second-order valence-electron chi connectivity index (χ2n) is 2.44. The highest BCUT2D eigenvalue weighted by molar-refractivity contribution is 5.47. The number of allylic oxidation sites excluding steroid dienone is 1. The quantitative estimate of drug-likeness (QED) is 0.614. The highest BCUT2D eigenvalue weighted by Crippen LogP contribution is 2.11. The van der Waals surface area contributed by atoms with Crippen LogP contribution in [0.1, 0.15) is 0 Å². The van der Waals surface area contributed by atoms with Crippen LogP contribution in [0.3, 0.4) is 0 Å². The number of imidazole rings is 1. The lowest BCUT2D eigenvalue weighted by Crippen LogP contribution is -1.99. The van der Waals surface area contributed by atoms with Crippen LogP contribution in [0.25, 0.3) is 11.5 Å². The Morgan fingerprint density at radius 2 is 2.33 bits per heavy atom. The average Bonchev–Trinajstić information content (AvgIpc) is 2.51. The van der Waals surface area contributed by atoms with Crippen LogP contribution in [0.2, 0.25) is 0 Å². The zero-order valence-electron chi connectivity index (χ0n) is 6.51. The van der Waals surface area contributed by atoms with Crippen molar-refractivity contribution in [3.63, 3.8) is 0 Å². The van der Waals surface area contributed by atoms with Crippen LogP contribution >= 0.6 is 0 Å². The first kappa shape index (κ1) is 6.97. The molecule has 0 saturated heterocycles. The monoisotopic (exact) mass is 160 g/mol. The van der Waals surface area contributed by atoms with Gasteiger partial charge in [0, 0.05) is 12.7 Å². The maximum atomic E-state index is 4.10. The van der Waals surface area contributed by atoms with E-state index in [2.05, 4.69) is 21.5 Å². The van der Waals surface area contributed by atoms with Gasteiger partial charge in [0.15, 0.2) is 5.82 Å². The summed E-state index contributed by atoms with van der Waals surface area (Å²) in [7, 11) is 0. The van der Waals surface area contributed by atoms with Crippen LogP contribution in [0.15, 0.2) is 31.5 Å². The van der Waals surface area contributed by atoms with Crippen LogP contribution in [0.4, 0.5) is 0 Å². The number of rotatable bonds is 2. The zero-order valence-corrected chi connectivity index (χ0v) is 6.51. The molecule has 0 spiro atoms. The molecule has 0 unspecified atom stereocenters. The molecule has 4 heteroatoms. The SMILES string of the molecule is C=CCn1cnc2ncnc-2c1. The lowest BCUT2D eigenvalue weighted by Gasteiger charge is -2.02. The fraction of sp³-hybridized carbons (Fsp3) is 0.125. The second-order valence-corrected chi connectivity index (χ2v) is 2.44. The van der Waals surface area contributed by atoms with Gasteiger partial charge in [-0.15, -0.1) is 6.58 Å². The van der Waals surface area contributed by atoms with Crippen molar-refractivity contribution >= 4 is 0 Å². The van der Waals surface area contributed by atoms with Crippen molar-refractivity contribution in [2.45, 2.75) is 6.54 Å². The molecule has 2 rings (SSSR count). The fourth-order valence-electron chi connectivity index (χ4n) is 1.03. The van der Waals surface area contributed by atoms with Crippen molar-refractivity contribution in [2.24, 2.45) is 0 Å². The Kier molecular flexibility index (Phi) is 1.59. The van der Waals surface area contributed by atoms with Crippen LogP contribution in [-0.2, 0) is 6.54 Å². The van der Waals surface area contributed by atoms with Crippen molar-refractivity contribution in [3.8, 4) is 11.5 Å². The van der Waals surface area contributed by atoms with E-state index in [9.17, 15) is 0 Å². The standard InChI is InChI=1S/C8H8N4/c1-2-3-12-4-7-8(11-6-12)10-5-9-7/h2,4-6H,1,3H2. The average molecular weight is 160 g/mol. The molecule has 60 valence electrons. The fourth-order valence-corrected chi connectivity index (χ4v) is 1.03. The number of aromatic nitrogens is 4. The molecule has 2 aliphatic heterocycles. The first-order valence-corrected chi connectivity index (χ1v) is 3.63. The molecule has 0 atom stereocenters. The lowest BCUT2D eigenvalue weighted by molar-refractivity contribution is 0.784. The molecule has 0 saturated carbocycles. The molecular weight excluding hydrogens is 152 g/mol. The van der Waals surface area contributed by atoms with Gasteiger partial charge in [0.25, 0.3) is 0 Å². The molecule has 0 amide bonds. The second kappa shape index (κ2) is 2.73. The van der Waals surface area contributed by atoms with Crippen molar-refractivity contribution in [3.05, 3.63) is 31.5 Å². The lowest BCUT2D eigenvalue weighted by atomic mass is 10.4. The molecule has 0 N–H and O–H groups in total. The van der Waals surface area contributed by atoms with E-state index in [0.717, 1.165) is 12.2 Å². The summed E-state index contributed by atoms with van der Waals surface area (Å²) >= 11 is 0. The summed E-state index contributed by atoms with van der Waals surface area (Å²) in [5.41, 5.74) is 0.819. The van der Waals surface area contributed by atoms with Gasteiger partial charge < -0.3 is 4.57 Å². The van der Waals surface area contributed by atoms with E-state index < -0.39 is 0 Å². The van der Waals surface area contributed by atoms with Gasteiger partial charge in [-0.2, -0.15) is 0 Å². The maximum Gasteiger partial charge on any atom is 0.182 e. The van der Waals surface area contributed by atoms with E-state index in [4.69, 9.17) is 0 Å². The number of hydrogen-bond donors (Lipinski definition) is 0. The summed E-state index contributed by atoms with van der Waals surface area (Å²) < 4.78 is 1.91. The largest absolute Gasteiger partial charge is 0.333 e. The number of nitrogens with zero attached hydrogens (tertiary/aromatic N) is 4. The smallest absolute Gasteiger partial charge is 0.182 e. The number of fused-ring (bicyclic) bond motifs is 1. The Labute approximate surface area is 70.0 Å². The van der Waals surface area contributed by atoms with Gasteiger partial charge in [-0.25, -0.2) is 15.0 Å². The normalized spacial score (nSPS) is 10.3. The van der Waals surface area contributed by atoms with Gasteiger partial charge in [0.05, 0.1) is 6.33 Å². The third-order valence-corrected chi connectivity index (χ3v) is 1.56. The maximum absolute atomic E-state index is 4.10. The Hall–Kier alpha value is -1.71. The highest BCUT2D eigenvalue weighted by Gasteiger charge is 2.05. The summed E-state index contributed by atoms with van der Waals surface area (Å²) in [6.07, 6.45) is 6.94. The number of hydrogen-bond acceptors (Lipinski definition) is 3. The van der Waals surface area contributed by atoms with Crippen molar-refractivity contribution < 1.29 is 0 Å². The van der Waals surface area contributed by atoms with Crippen LogP contribution in [0.5, 0.6) is 0 Å². The molecule has 0 radical (unpaired) electrons. The summed E-state index contributed by atoms with van der Waals surface area (Å²) in [5.74, 6) is 0.690. The molecule has 0 aromatic carbocycles. The summed E-state index contributed by atoms with van der Waals surface area (Å²) in [4.78, 5) is 12.1. The van der Waals surface area contributed by atoms with Crippen molar-refractivity contribution in [1.82, 2.24) is 19.5 Å². The van der Waals surface area contributed by atoms with E-state index in [0.29, 0.717) is 5.82 Å². The van der Waals surface area contributed by atoms with E-state index in [-0.39, 0.29) is 0 Å². The molecule has 4 nitrogen and oxygen atoms in total. The molecule has 0 aromatic heterocycles. The molecule has 12 heavy (non-hydrogen) atoms. The Morgan fingerprint density at radius 3 is 3.17 bits per heavy atom. The predicted octanol–water partition coefficient (Wildman–Crippen LogP) is 0.964. The summed E-state index contributed by atoms with van der Waals surface area (Å²) in [5, 5.41) is 0. The van der Waals surface area contributed by atoms with E-state index in [1.165, 1.54) is 6.33 Å². The third kappa shape index (κ3) is 1.07. The van der Waals surface area contributed by atoms with Crippen LogP contribution < -0.4 is 0 Å². The summed E-state index contributed by atoms with van der Waals surface area (Å²) in [6, 6.07) is 0. The Morgan fingerprint density at radius 1 is 1.42 bits per heavy atom. The predicted molar refractivity (Wildman–Crippen MR) is 44.6 cm³/mol. The van der Waals surface area contributed by atoms with Crippen molar-refractivity contribution in [2.75, 3.05) is 0 Å². The van der Waals surface area contributed by atoms with Gasteiger partial charge in [0.1, 0.15) is 12.0 Å². The van der Waals surface area contributed by atoms with Gasteiger partial charge >= 0.3 is 0 Å². The minimum atomic E-state index is 0.690. The van der Waals surface area contributed by atoms with Crippen LogP contribution in [-0.4, -0.2) is 19.5 Å². The highest BCUT2D eigenvalue weighted by atomic mass is 15.1. The molecule has 0 bridgehead atoms. The Bertz CT molecular complexity index is 365. The van der Waals surface area contributed by atoms with Gasteiger partial charge in [0.2, 0.25) is 0 Å². The minimum Gasteiger partial charge on any atom is -0.333 e. The molecule has 0 fully saturated rings. The first-order valence-electron chi connectivity index (χ1n) is 3.63. The molecule has 2 aliphatic rings. The van der Waals surface area contributed by atoms with Crippen LogP contribution in [0, 0.1) is 0 Å².